The molecule has 0 saturated heterocycles. The van der Waals surface area contributed by atoms with E-state index in [2.05, 4.69) is 24.5 Å². The summed E-state index contributed by atoms with van der Waals surface area (Å²) >= 11 is 0. The lowest BCUT2D eigenvalue weighted by molar-refractivity contribution is 0.120. The van der Waals surface area contributed by atoms with E-state index < -0.39 is 0 Å². The van der Waals surface area contributed by atoms with E-state index in [9.17, 15) is 5.11 Å². The summed E-state index contributed by atoms with van der Waals surface area (Å²) < 4.78 is 0. The van der Waals surface area contributed by atoms with E-state index in [0.717, 1.165) is 56.6 Å². The first-order valence-corrected chi connectivity index (χ1v) is 8.90. The maximum Gasteiger partial charge on any atom is 0.191 e. The second kappa shape index (κ2) is 10.7. The minimum absolute atomic E-state index is 0. The molecule has 2 aliphatic rings. The number of hydrogen-bond donors (Lipinski definition) is 3. The summed E-state index contributed by atoms with van der Waals surface area (Å²) in [6.07, 6.45) is 9.26. The van der Waals surface area contributed by atoms with Crippen LogP contribution in [0.15, 0.2) is 4.99 Å². The first-order chi connectivity index (χ1) is 10.2. The van der Waals surface area contributed by atoms with E-state index in [-0.39, 0.29) is 30.1 Å². The summed E-state index contributed by atoms with van der Waals surface area (Å²) in [7, 11) is 0. The molecular formula is C17H34IN3O. The van der Waals surface area contributed by atoms with Crippen LogP contribution in [0.1, 0.15) is 65.2 Å². The molecule has 0 aromatic carbocycles. The van der Waals surface area contributed by atoms with Gasteiger partial charge >= 0.3 is 0 Å². The van der Waals surface area contributed by atoms with Crippen molar-refractivity contribution in [2.45, 2.75) is 77.4 Å². The van der Waals surface area contributed by atoms with Crippen LogP contribution in [0.2, 0.25) is 0 Å². The second-order valence-corrected chi connectivity index (χ2v) is 7.01. The second-order valence-electron chi connectivity index (χ2n) is 7.01. The van der Waals surface area contributed by atoms with E-state index in [1.807, 2.05) is 0 Å². The zero-order valence-corrected chi connectivity index (χ0v) is 16.5. The van der Waals surface area contributed by atoms with Gasteiger partial charge in [0.1, 0.15) is 0 Å². The minimum atomic E-state index is -0.0914. The number of rotatable bonds is 4. The molecule has 4 nitrogen and oxygen atoms in total. The van der Waals surface area contributed by atoms with Crippen molar-refractivity contribution in [2.24, 2.45) is 16.8 Å². The van der Waals surface area contributed by atoms with Gasteiger partial charge in [-0.1, -0.05) is 19.8 Å². The smallest absolute Gasteiger partial charge is 0.191 e. The normalized spacial score (nSPS) is 33.0. The molecular weight excluding hydrogens is 389 g/mol. The SMILES string of the molecule is CCNC(=NCC1CCCC(C)C1)NC1CCC(O)CC1.I. The summed E-state index contributed by atoms with van der Waals surface area (Å²) in [4.78, 5) is 4.82. The average molecular weight is 423 g/mol. The zero-order valence-electron chi connectivity index (χ0n) is 14.2. The monoisotopic (exact) mass is 423 g/mol. The number of hydrogen-bond acceptors (Lipinski definition) is 2. The third-order valence-electron chi connectivity index (χ3n) is 4.93. The number of halogens is 1. The van der Waals surface area contributed by atoms with E-state index in [1.54, 1.807) is 0 Å². The summed E-state index contributed by atoms with van der Waals surface area (Å²) in [5.41, 5.74) is 0. The Kier molecular flexibility index (Phi) is 9.71. The Morgan fingerprint density at radius 2 is 1.86 bits per heavy atom. The van der Waals surface area contributed by atoms with Crippen LogP contribution in [-0.2, 0) is 0 Å². The predicted octanol–water partition coefficient (Wildman–Crippen LogP) is 3.29. The number of aliphatic hydroxyl groups is 1. The molecule has 3 N–H and O–H groups in total. The van der Waals surface area contributed by atoms with Crippen molar-refractivity contribution in [3.8, 4) is 0 Å². The molecule has 2 atom stereocenters. The zero-order chi connectivity index (χ0) is 15.1. The van der Waals surface area contributed by atoms with Gasteiger partial charge in [-0.05, 0) is 57.3 Å². The Morgan fingerprint density at radius 1 is 1.14 bits per heavy atom. The van der Waals surface area contributed by atoms with Gasteiger partial charge in [-0.2, -0.15) is 0 Å². The summed E-state index contributed by atoms with van der Waals surface area (Å²) in [6.45, 7) is 6.34. The van der Waals surface area contributed by atoms with E-state index in [4.69, 9.17) is 4.99 Å². The fourth-order valence-corrected chi connectivity index (χ4v) is 3.68. The van der Waals surface area contributed by atoms with Crippen LogP contribution >= 0.6 is 24.0 Å². The third kappa shape index (κ3) is 7.02. The van der Waals surface area contributed by atoms with Crippen LogP contribution in [-0.4, -0.2) is 36.3 Å². The van der Waals surface area contributed by atoms with Crippen molar-refractivity contribution in [1.29, 1.82) is 0 Å². The van der Waals surface area contributed by atoms with Crippen molar-refractivity contribution >= 4 is 29.9 Å². The summed E-state index contributed by atoms with van der Waals surface area (Å²) in [5, 5.41) is 16.5. The fourth-order valence-electron chi connectivity index (χ4n) is 3.68. The molecule has 2 rings (SSSR count). The van der Waals surface area contributed by atoms with Gasteiger partial charge in [-0.3, -0.25) is 4.99 Å². The largest absolute Gasteiger partial charge is 0.393 e. The lowest BCUT2D eigenvalue weighted by atomic mass is 9.82. The van der Waals surface area contributed by atoms with Crippen molar-refractivity contribution in [3.63, 3.8) is 0 Å². The molecule has 0 heterocycles. The Morgan fingerprint density at radius 3 is 2.50 bits per heavy atom. The Labute approximate surface area is 152 Å². The van der Waals surface area contributed by atoms with E-state index in [0.29, 0.717) is 6.04 Å². The Hall–Kier alpha value is -0.0400. The van der Waals surface area contributed by atoms with Gasteiger partial charge in [0, 0.05) is 19.1 Å². The van der Waals surface area contributed by atoms with Crippen LogP contribution in [0.25, 0.3) is 0 Å². The molecule has 2 fully saturated rings. The van der Waals surface area contributed by atoms with Gasteiger partial charge in [0.05, 0.1) is 6.10 Å². The Balaban J connectivity index is 0.00000242. The molecule has 0 radical (unpaired) electrons. The number of nitrogens with zero attached hydrogens (tertiary/aromatic N) is 1. The van der Waals surface area contributed by atoms with Crippen LogP contribution < -0.4 is 10.6 Å². The quantitative estimate of drug-likeness (QED) is 0.370. The highest BCUT2D eigenvalue weighted by molar-refractivity contribution is 14.0. The number of aliphatic imine (C=N–C) groups is 1. The molecule has 2 saturated carbocycles. The molecule has 0 aromatic heterocycles. The fraction of sp³-hybridized carbons (Fsp3) is 0.941. The minimum Gasteiger partial charge on any atom is -0.393 e. The molecule has 0 amide bonds. The molecule has 0 aliphatic heterocycles. The number of guanidine groups is 1. The molecule has 0 spiro atoms. The van der Waals surface area contributed by atoms with E-state index >= 15 is 0 Å². The van der Waals surface area contributed by atoms with Crippen molar-refractivity contribution in [1.82, 2.24) is 10.6 Å². The standard InChI is InChI=1S/C17H33N3O.HI/c1-3-18-17(20-15-7-9-16(21)10-8-15)19-12-14-6-4-5-13(2)11-14;/h13-16,21H,3-12H2,1-2H3,(H2,18,19,20);1H. The van der Waals surface area contributed by atoms with Crippen LogP contribution in [0.4, 0.5) is 0 Å². The van der Waals surface area contributed by atoms with Crippen LogP contribution in [0.5, 0.6) is 0 Å². The molecule has 22 heavy (non-hydrogen) atoms. The lowest BCUT2D eigenvalue weighted by Crippen LogP contribution is -2.45. The molecule has 2 aliphatic carbocycles. The average Bonchev–Trinajstić information content (AvgIpc) is 2.47. The molecule has 130 valence electrons. The Bertz CT molecular complexity index is 330. The highest BCUT2D eigenvalue weighted by Crippen LogP contribution is 2.28. The van der Waals surface area contributed by atoms with Gasteiger partial charge in [-0.15, -0.1) is 24.0 Å². The highest BCUT2D eigenvalue weighted by Gasteiger charge is 2.21. The first-order valence-electron chi connectivity index (χ1n) is 8.90. The maximum absolute atomic E-state index is 9.59. The van der Waals surface area contributed by atoms with Crippen molar-refractivity contribution in [3.05, 3.63) is 0 Å². The molecule has 0 bridgehead atoms. The molecule has 0 aromatic rings. The number of aliphatic hydroxyl groups excluding tert-OH is 1. The number of nitrogens with one attached hydrogen (secondary N) is 2. The summed E-state index contributed by atoms with van der Waals surface area (Å²) in [5.74, 6) is 2.60. The van der Waals surface area contributed by atoms with Crippen molar-refractivity contribution in [2.75, 3.05) is 13.1 Å². The van der Waals surface area contributed by atoms with Gasteiger partial charge in [-0.25, -0.2) is 0 Å². The first kappa shape index (κ1) is 20.0. The highest BCUT2D eigenvalue weighted by atomic mass is 127. The maximum atomic E-state index is 9.59. The topological polar surface area (TPSA) is 56.7 Å². The van der Waals surface area contributed by atoms with Gasteiger partial charge in [0.2, 0.25) is 0 Å². The lowest BCUT2D eigenvalue weighted by Gasteiger charge is -2.28. The third-order valence-corrected chi connectivity index (χ3v) is 4.93. The summed E-state index contributed by atoms with van der Waals surface area (Å²) in [6, 6.07) is 0.469. The van der Waals surface area contributed by atoms with Crippen LogP contribution in [0.3, 0.4) is 0 Å². The molecule has 5 heteroatoms. The predicted molar refractivity (Wildman–Crippen MR) is 104 cm³/mol. The van der Waals surface area contributed by atoms with Gasteiger partial charge in [0.25, 0.3) is 0 Å². The van der Waals surface area contributed by atoms with Gasteiger partial charge < -0.3 is 15.7 Å². The van der Waals surface area contributed by atoms with E-state index in [1.165, 1.54) is 25.7 Å². The van der Waals surface area contributed by atoms with Crippen LogP contribution in [0, 0.1) is 11.8 Å². The van der Waals surface area contributed by atoms with Gasteiger partial charge in [0.15, 0.2) is 5.96 Å². The van der Waals surface area contributed by atoms with Crippen molar-refractivity contribution < 1.29 is 5.11 Å². The molecule has 2 unspecified atom stereocenters.